The van der Waals surface area contributed by atoms with Crippen molar-refractivity contribution in [3.8, 4) is 0 Å². The Morgan fingerprint density at radius 2 is 2.00 bits per heavy atom. The van der Waals surface area contributed by atoms with Crippen molar-refractivity contribution in [1.82, 2.24) is 4.31 Å². The zero-order valence-corrected chi connectivity index (χ0v) is 14.0. The first-order valence-electron chi connectivity index (χ1n) is 7.21. The van der Waals surface area contributed by atoms with Crippen LogP contribution in [0.1, 0.15) is 25.3 Å². The molecular weight excluding hydrogens is 310 g/mol. The van der Waals surface area contributed by atoms with Crippen LogP contribution in [-0.4, -0.2) is 44.4 Å². The molecule has 1 saturated heterocycles. The van der Waals surface area contributed by atoms with Crippen molar-refractivity contribution in [1.29, 1.82) is 0 Å². The van der Waals surface area contributed by atoms with Crippen LogP contribution in [0.25, 0.3) is 0 Å². The van der Waals surface area contributed by atoms with E-state index in [0.717, 1.165) is 24.8 Å². The van der Waals surface area contributed by atoms with Crippen LogP contribution in [0.5, 0.6) is 0 Å². The Balaban J connectivity index is 2.15. The van der Waals surface area contributed by atoms with Gasteiger partial charge in [0.05, 0.1) is 17.0 Å². The van der Waals surface area contributed by atoms with Gasteiger partial charge in [-0.05, 0) is 43.9 Å². The number of likely N-dealkylation sites (N-methyl/N-ethyl adjacent to an activating group) is 1. The van der Waals surface area contributed by atoms with E-state index in [2.05, 4.69) is 0 Å². The molecule has 1 aliphatic heterocycles. The minimum absolute atomic E-state index is 0.0623. The van der Waals surface area contributed by atoms with Gasteiger partial charge in [0.1, 0.15) is 0 Å². The molecule has 0 radical (unpaired) electrons. The quantitative estimate of drug-likeness (QED) is 0.753. The van der Waals surface area contributed by atoms with Gasteiger partial charge in [0.2, 0.25) is 10.0 Å². The topological polar surface area (TPSA) is 46.6 Å². The average molecular weight is 332 g/mol. The molecule has 0 aliphatic carbocycles. The highest BCUT2D eigenvalue weighted by atomic mass is 35.5. The molecule has 1 fully saturated rings. The zero-order valence-electron chi connectivity index (χ0n) is 12.5. The lowest BCUT2D eigenvalue weighted by Gasteiger charge is -2.26. The summed E-state index contributed by atoms with van der Waals surface area (Å²) >= 11 is 5.67. The van der Waals surface area contributed by atoms with E-state index in [1.165, 1.54) is 4.31 Å². The SMILES string of the molecule is CC1OCCC1N(C)S(=O)(=O)c1ccc(CCCCl)cc1. The summed E-state index contributed by atoms with van der Waals surface area (Å²) in [6.45, 7) is 2.53. The molecule has 21 heavy (non-hydrogen) atoms. The van der Waals surface area contributed by atoms with E-state index >= 15 is 0 Å². The molecule has 0 spiro atoms. The van der Waals surface area contributed by atoms with Gasteiger partial charge < -0.3 is 4.74 Å². The summed E-state index contributed by atoms with van der Waals surface area (Å²) in [5, 5.41) is 0. The number of alkyl halides is 1. The average Bonchev–Trinajstić information content (AvgIpc) is 2.90. The first kappa shape index (κ1) is 16.7. The summed E-state index contributed by atoms with van der Waals surface area (Å²) < 4.78 is 32.2. The van der Waals surface area contributed by atoms with Gasteiger partial charge in [-0.15, -0.1) is 11.6 Å². The lowest BCUT2D eigenvalue weighted by Crippen LogP contribution is -2.40. The van der Waals surface area contributed by atoms with Crippen molar-refractivity contribution in [2.45, 2.75) is 43.2 Å². The molecule has 1 aromatic rings. The molecule has 1 aliphatic rings. The van der Waals surface area contributed by atoms with E-state index in [1.807, 2.05) is 19.1 Å². The number of halogens is 1. The molecule has 1 aromatic carbocycles. The summed E-state index contributed by atoms with van der Waals surface area (Å²) in [5.41, 5.74) is 1.11. The molecule has 0 aromatic heterocycles. The molecule has 4 nitrogen and oxygen atoms in total. The number of ether oxygens (including phenoxy) is 1. The maximum absolute atomic E-state index is 12.6. The van der Waals surface area contributed by atoms with Crippen molar-refractivity contribution in [2.24, 2.45) is 0 Å². The Hall–Kier alpha value is -0.620. The smallest absolute Gasteiger partial charge is 0.243 e. The Morgan fingerprint density at radius 1 is 1.33 bits per heavy atom. The number of hydrogen-bond acceptors (Lipinski definition) is 3. The minimum Gasteiger partial charge on any atom is -0.377 e. The second-order valence-electron chi connectivity index (χ2n) is 5.39. The number of sulfonamides is 1. The van der Waals surface area contributed by atoms with E-state index in [4.69, 9.17) is 16.3 Å². The highest BCUT2D eigenvalue weighted by Gasteiger charge is 2.35. The van der Waals surface area contributed by atoms with Crippen molar-refractivity contribution in [3.63, 3.8) is 0 Å². The van der Waals surface area contributed by atoms with E-state index < -0.39 is 10.0 Å². The fraction of sp³-hybridized carbons (Fsp3) is 0.600. The fourth-order valence-corrected chi connectivity index (χ4v) is 4.22. The number of benzene rings is 1. The van der Waals surface area contributed by atoms with Gasteiger partial charge in [-0.3, -0.25) is 0 Å². The third kappa shape index (κ3) is 3.77. The maximum atomic E-state index is 12.6. The van der Waals surface area contributed by atoms with E-state index in [9.17, 15) is 8.42 Å². The van der Waals surface area contributed by atoms with Crippen LogP contribution in [-0.2, 0) is 21.2 Å². The van der Waals surface area contributed by atoms with Crippen molar-refractivity contribution < 1.29 is 13.2 Å². The monoisotopic (exact) mass is 331 g/mol. The van der Waals surface area contributed by atoms with Gasteiger partial charge in [-0.25, -0.2) is 8.42 Å². The maximum Gasteiger partial charge on any atom is 0.243 e. The minimum atomic E-state index is -3.47. The number of hydrogen-bond donors (Lipinski definition) is 0. The van der Waals surface area contributed by atoms with E-state index in [0.29, 0.717) is 17.4 Å². The summed E-state index contributed by atoms with van der Waals surface area (Å²) in [7, 11) is -1.83. The van der Waals surface area contributed by atoms with Gasteiger partial charge in [-0.1, -0.05) is 12.1 Å². The standard InChI is InChI=1S/C15H22ClNO3S/c1-12-15(9-11-20-12)17(2)21(18,19)14-7-5-13(6-8-14)4-3-10-16/h5-8,12,15H,3-4,9-11H2,1-2H3. The third-order valence-electron chi connectivity index (χ3n) is 4.00. The fourth-order valence-electron chi connectivity index (χ4n) is 2.64. The molecule has 0 saturated carbocycles. The predicted molar refractivity (Wildman–Crippen MR) is 84.3 cm³/mol. The molecule has 0 N–H and O–H groups in total. The van der Waals surface area contributed by atoms with Crippen molar-refractivity contribution in [3.05, 3.63) is 29.8 Å². The van der Waals surface area contributed by atoms with Crippen LogP contribution in [0.4, 0.5) is 0 Å². The molecule has 2 atom stereocenters. The number of nitrogens with zero attached hydrogens (tertiary/aromatic N) is 1. The molecule has 118 valence electrons. The van der Waals surface area contributed by atoms with E-state index in [-0.39, 0.29) is 12.1 Å². The van der Waals surface area contributed by atoms with Crippen LogP contribution in [0.15, 0.2) is 29.2 Å². The molecule has 1 heterocycles. The second kappa shape index (κ2) is 7.09. The molecule has 2 unspecified atom stereocenters. The Labute approximate surface area is 132 Å². The first-order valence-corrected chi connectivity index (χ1v) is 9.19. The Kier molecular flexibility index (Phi) is 5.66. The molecule has 0 amide bonds. The van der Waals surface area contributed by atoms with Gasteiger partial charge >= 0.3 is 0 Å². The van der Waals surface area contributed by atoms with Gasteiger partial charge in [0.15, 0.2) is 0 Å². The van der Waals surface area contributed by atoms with E-state index in [1.54, 1.807) is 19.2 Å². The van der Waals surface area contributed by atoms with Crippen molar-refractivity contribution >= 4 is 21.6 Å². The van der Waals surface area contributed by atoms with Gasteiger partial charge in [-0.2, -0.15) is 4.31 Å². The predicted octanol–water partition coefficient (Wildman–Crippen LogP) is 2.66. The highest BCUT2D eigenvalue weighted by Crippen LogP contribution is 2.25. The number of rotatable bonds is 6. The summed E-state index contributed by atoms with van der Waals surface area (Å²) in [4.78, 5) is 0.332. The largest absolute Gasteiger partial charge is 0.377 e. The van der Waals surface area contributed by atoms with Crippen LogP contribution >= 0.6 is 11.6 Å². The summed E-state index contributed by atoms with van der Waals surface area (Å²) in [6, 6.07) is 6.99. The van der Waals surface area contributed by atoms with Crippen LogP contribution in [0.2, 0.25) is 0 Å². The van der Waals surface area contributed by atoms with Crippen LogP contribution in [0.3, 0.4) is 0 Å². The van der Waals surface area contributed by atoms with Gasteiger partial charge in [0.25, 0.3) is 0 Å². The molecule has 0 bridgehead atoms. The molecular formula is C15H22ClNO3S. The van der Waals surface area contributed by atoms with Crippen LogP contribution < -0.4 is 0 Å². The lowest BCUT2D eigenvalue weighted by atomic mass is 10.1. The first-order chi connectivity index (χ1) is 9.96. The third-order valence-corrected chi connectivity index (χ3v) is 6.17. The Bertz CT molecular complexity index is 559. The van der Waals surface area contributed by atoms with Crippen molar-refractivity contribution in [2.75, 3.05) is 19.5 Å². The normalized spacial score (nSPS) is 22.9. The highest BCUT2D eigenvalue weighted by molar-refractivity contribution is 7.89. The zero-order chi connectivity index (χ0) is 15.5. The summed E-state index contributed by atoms with van der Waals surface area (Å²) in [6.07, 6.45) is 2.44. The van der Waals surface area contributed by atoms with Crippen LogP contribution in [0, 0.1) is 0 Å². The lowest BCUT2D eigenvalue weighted by molar-refractivity contribution is 0.102. The molecule has 6 heteroatoms. The second-order valence-corrected chi connectivity index (χ2v) is 7.77. The molecule has 2 rings (SSSR count). The van der Waals surface area contributed by atoms with Gasteiger partial charge in [0, 0.05) is 19.5 Å². The summed E-state index contributed by atoms with van der Waals surface area (Å²) in [5.74, 6) is 0.613. The Morgan fingerprint density at radius 3 is 2.52 bits per heavy atom. The number of aryl methyl sites for hydroxylation is 1.